The Morgan fingerprint density at radius 3 is 2.62 bits per heavy atom. The fourth-order valence-electron chi connectivity index (χ4n) is 3.65. The van der Waals surface area contributed by atoms with Gasteiger partial charge in [-0.05, 0) is 19.1 Å². The van der Waals surface area contributed by atoms with Crippen LogP contribution in [-0.2, 0) is 16.1 Å². The van der Waals surface area contributed by atoms with Crippen molar-refractivity contribution in [1.82, 2.24) is 14.7 Å². The van der Waals surface area contributed by atoms with Gasteiger partial charge in [-0.1, -0.05) is 0 Å². The van der Waals surface area contributed by atoms with Gasteiger partial charge in [-0.3, -0.25) is 19.4 Å². The molecule has 3 heterocycles. The van der Waals surface area contributed by atoms with E-state index in [9.17, 15) is 14.7 Å². The monoisotopic (exact) mass is 351 g/mol. The van der Waals surface area contributed by atoms with E-state index in [0.29, 0.717) is 19.6 Å². The SMILES string of the molecule is CC(=O)N1C[C@H](C(=O)O)CN2CCN(Cc3ccc(C)s3)C[C@H]2C1. The van der Waals surface area contributed by atoms with E-state index in [4.69, 9.17) is 0 Å². The molecule has 6 nitrogen and oxygen atoms in total. The van der Waals surface area contributed by atoms with Gasteiger partial charge in [-0.15, -0.1) is 11.3 Å². The fourth-order valence-corrected chi connectivity index (χ4v) is 4.59. The first kappa shape index (κ1) is 17.4. The van der Waals surface area contributed by atoms with Gasteiger partial charge in [0.2, 0.25) is 5.91 Å². The summed E-state index contributed by atoms with van der Waals surface area (Å²) in [4.78, 5) is 32.4. The van der Waals surface area contributed by atoms with E-state index in [1.165, 1.54) is 16.7 Å². The summed E-state index contributed by atoms with van der Waals surface area (Å²) in [6, 6.07) is 4.55. The van der Waals surface area contributed by atoms with Crippen molar-refractivity contribution in [2.24, 2.45) is 5.92 Å². The lowest BCUT2D eigenvalue weighted by molar-refractivity contribution is -0.143. The topological polar surface area (TPSA) is 64.1 Å². The van der Waals surface area contributed by atoms with Crippen molar-refractivity contribution in [2.75, 3.05) is 39.3 Å². The third kappa shape index (κ3) is 3.96. The molecule has 2 aliphatic rings. The lowest BCUT2D eigenvalue weighted by Crippen LogP contribution is -2.55. The third-order valence-corrected chi connectivity index (χ3v) is 5.97. The molecule has 1 N–H and O–H groups in total. The molecule has 1 amide bonds. The van der Waals surface area contributed by atoms with Gasteiger partial charge < -0.3 is 10.0 Å². The molecule has 7 heteroatoms. The molecular weight excluding hydrogens is 326 g/mol. The normalized spacial score (nSPS) is 26.0. The molecule has 0 spiro atoms. The third-order valence-electron chi connectivity index (χ3n) is 4.99. The van der Waals surface area contributed by atoms with Gasteiger partial charge in [0.1, 0.15) is 0 Å². The Kier molecular flexibility index (Phi) is 5.22. The minimum Gasteiger partial charge on any atom is -0.481 e. The number of carbonyl (C=O) groups excluding carboxylic acids is 1. The van der Waals surface area contributed by atoms with Gasteiger partial charge in [0.05, 0.1) is 5.92 Å². The van der Waals surface area contributed by atoms with Crippen LogP contribution in [-0.4, -0.2) is 77.0 Å². The summed E-state index contributed by atoms with van der Waals surface area (Å²) in [6.45, 7) is 8.76. The van der Waals surface area contributed by atoms with E-state index in [-0.39, 0.29) is 11.9 Å². The van der Waals surface area contributed by atoms with Crippen LogP contribution in [0.1, 0.15) is 16.7 Å². The van der Waals surface area contributed by atoms with E-state index in [1.54, 1.807) is 4.90 Å². The van der Waals surface area contributed by atoms with Gasteiger partial charge in [0.25, 0.3) is 0 Å². The van der Waals surface area contributed by atoms with Crippen LogP contribution in [0.5, 0.6) is 0 Å². The Morgan fingerprint density at radius 2 is 2.00 bits per heavy atom. The van der Waals surface area contributed by atoms with Crippen molar-refractivity contribution >= 4 is 23.2 Å². The van der Waals surface area contributed by atoms with Crippen molar-refractivity contribution in [3.63, 3.8) is 0 Å². The Hall–Kier alpha value is -1.44. The molecule has 132 valence electrons. The fraction of sp³-hybridized carbons (Fsp3) is 0.647. The first-order valence-electron chi connectivity index (χ1n) is 8.42. The smallest absolute Gasteiger partial charge is 0.309 e. The molecule has 2 saturated heterocycles. The second-order valence-corrected chi connectivity index (χ2v) is 8.23. The number of thiophene rings is 1. The zero-order valence-corrected chi connectivity index (χ0v) is 15.1. The number of hydrogen-bond donors (Lipinski definition) is 1. The quantitative estimate of drug-likeness (QED) is 0.884. The van der Waals surface area contributed by atoms with Gasteiger partial charge in [0.15, 0.2) is 0 Å². The average Bonchev–Trinajstić information content (AvgIpc) is 2.82. The molecular formula is C17H25N3O3S. The van der Waals surface area contributed by atoms with Crippen LogP contribution in [0.15, 0.2) is 12.1 Å². The summed E-state index contributed by atoms with van der Waals surface area (Å²) < 4.78 is 0. The van der Waals surface area contributed by atoms with Crippen LogP contribution in [0.4, 0.5) is 0 Å². The van der Waals surface area contributed by atoms with Crippen molar-refractivity contribution in [3.8, 4) is 0 Å². The van der Waals surface area contributed by atoms with Crippen molar-refractivity contribution < 1.29 is 14.7 Å². The van der Waals surface area contributed by atoms with Crippen molar-refractivity contribution in [3.05, 3.63) is 21.9 Å². The summed E-state index contributed by atoms with van der Waals surface area (Å²) in [5, 5.41) is 9.43. The predicted molar refractivity (Wildman–Crippen MR) is 93.1 cm³/mol. The predicted octanol–water partition coefficient (Wildman–Crippen LogP) is 1.11. The number of aliphatic carboxylic acids is 1. The lowest BCUT2D eigenvalue weighted by Gasteiger charge is -2.41. The Morgan fingerprint density at radius 1 is 1.21 bits per heavy atom. The first-order chi connectivity index (χ1) is 11.4. The van der Waals surface area contributed by atoms with E-state index >= 15 is 0 Å². The second-order valence-electron chi connectivity index (χ2n) is 6.86. The van der Waals surface area contributed by atoms with E-state index in [0.717, 1.165) is 26.2 Å². The lowest BCUT2D eigenvalue weighted by atomic mass is 10.1. The highest BCUT2D eigenvalue weighted by Crippen LogP contribution is 2.22. The molecule has 0 unspecified atom stereocenters. The summed E-state index contributed by atoms with van der Waals surface area (Å²) in [5.74, 6) is -1.34. The molecule has 0 bridgehead atoms. The van der Waals surface area contributed by atoms with Crippen molar-refractivity contribution in [1.29, 1.82) is 0 Å². The van der Waals surface area contributed by atoms with Gasteiger partial charge in [-0.25, -0.2) is 0 Å². The summed E-state index contributed by atoms with van der Waals surface area (Å²) in [7, 11) is 0. The number of piperazine rings is 1. The van der Waals surface area contributed by atoms with Crippen LogP contribution in [0.2, 0.25) is 0 Å². The molecule has 24 heavy (non-hydrogen) atoms. The maximum Gasteiger partial charge on any atom is 0.309 e. The molecule has 3 rings (SSSR count). The number of carbonyl (C=O) groups is 2. The van der Waals surface area contributed by atoms with Crippen LogP contribution in [0, 0.1) is 12.8 Å². The molecule has 0 aliphatic carbocycles. The number of carboxylic acids is 1. The summed E-state index contributed by atoms with van der Waals surface area (Å²) in [5.41, 5.74) is 0. The highest BCUT2D eigenvalue weighted by Gasteiger charge is 2.37. The van der Waals surface area contributed by atoms with Crippen LogP contribution < -0.4 is 0 Å². The van der Waals surface area contributed by atoms with Crippen LogP contribution in [0.25, 0.3) is 0 Å². The van der Waals surface area contributed by atoms with E-state index < -0.39 is 11.9 Å². The number of carboxylic acid groups (broad SMARTS) is 1. The highest BCUT2D eigenvalue weighted by atomic mass is 32.1. The number of aryl methyl sites for hydroxylation is 1. The number of nitrogens with zero attached hydrogens (tertiary/aromatic N) is 3. The molecule has 2 aliphatic heterocycles. The Labute approximate surface area is 146 Å². The number of hydrogen-bond acceptors (Lipinski definition) is 5. The van der Waals surface area contributed by atoms with E-state index in [1.807, 2.05) is 11.3 Å². The van der Waals surface area contributed by atoms with E-state index in [2.05, 4.69) is 28.9 Å². The minimum absolute atomic E-state index is 0.0332. The molecule has 1 aromatic rings. The first-order valence-corrected chi connectivity index (χ1v) is 9.24. The molecule has 1 aromatic heterocycles. The molecule has 2 fully saturated rings. The maximum atomic E-state index is 11.9. The number of rotatable bonds is 3. The minimum atomic E-state index is -0.807. The number of fused-ring (bicyclic) bond motifs is 1. The standard InChI is InChI=1S/C17H25N3O3S/c1-12-3-4-16(24-12)11-18-5-6-19-7-14(17(22)23)8-20(13(2)21)10-15(19)9-18/h3-4,14-15H,5-11H2,1-2H3,(H,22,23)/t14-,15+/m1/s1. The van der Waals surface area contributed by atoms with Crippen LogP contribution in [0.3, 0.4) is 0 Å². The molecule has 0 aromatic carbocycles. The van der Waals surface area contributed by atoms with Gasteiger partial charge in [-0.2, -0.15) is 0 Å². The van der Waals surface area contributed by atoms with Gasteiger partial charge >= 0.3 is 5.97 Å². The Bertz CT molecular complexity index is 618. The molecule has 0 saturated carbocycles. The van der Waals surface area contributed by atoms with Gasteiger partial charge in [0, 0.05) is 68.5 Å². The summed E-state index contributed by atoms with van der Waals surface area (Å²) >= 11 is 1.83. The molecule has 0 radical (unpaired) electrons. The average molecular weight is 351 g/mol. The maximum absolute atomic E-state index is 11.9. The zero-order valence-electron chi connectivity index (χ0n) is 14.3. The zero-order chi connectivity index (χ0) is 17.3. The Balaban J connectivity index is 1.69. The second kappa shape index (κ2) is 7.21. The largest absolute Gasteiger partial charge is 0.481 e. The van der Waals surface area contributed by atoms with Crippen molar-refractivity contribution in [2.45, 2.75) is 26.4 Å². The highest BCUT2D eigenvalue weighted by molar-refractivity contribution is 7.11. The van der Waals surface area contributed by atoms with Crippen LogP contribution >= 0.6 is 11.3 Å². The number of amides is 1. The molecule has 2 atom stereocenters. The summed E-state index contributed by atoms with van der Waals surface area (Å²) in [6.07, 6.45) is 0.